The van der Waals surface area contributed by atoms with Crippen LogP contribution in [0.5, 0.6) is 0 Å². The molecule has 1 aliphatic carbocycles. The van der Waals surface area contributed by atoms with Crippen molar-refractivity contribution in [2.75, 3.05) is 5.32 Å². The maximum atomic E-state index is 12.3. The standard InChI is InChI=1S/C22H34N2OS/c1-5-7-8-9-10-11-20(25)24-21-18(15-23)17-13-12-16(14-19(17)26-21)22(3,4)6-2/h16H,5-14H2,1-4H3,(H,24,25). The number of rotatable bonds is 9. The molecule has 144 valence electrons. The lowest BCUT2D eigenvalue weighted by atomic mass is 9.69. The Morgan fingerprint density at radius 2 is 2.00 bits per heavy atom. The molecule has 0 spiro atoms. The van der Waals surface area contributed by atoms with Crippen LogP contribution in [0, 0.1) is 22.7 Å². The molecule has 1 atom stereocenters. The summed E-state index contributed by atoms with van der Waals surface area (Å²) in [7, 11) is 0. The van der Waals surface area contributed by atoms with Gasteiger partial charge in [0.15, 0.2) is 0 Å². The molecule has 0 fully saturated rings. The Morgan fingerprint density at radius 3 is 2.65 bits per heavy atom. The van der Waals surface area contributed by atoms with Crippen LogP contribution in [0.25, 0.3) is 0 Å². The first-order valence-electron chi connectivity index (χ1n) is 10.3. The van der Waals surface area contributed by atoms with Crippen LogP contribution in [0.15, 0.2) is 0 Å². The summed E-state index contributed by atoms with van der Waals surface area (Å²) >= 11 is 1.64. The highest BCUT2D eigenvalue weighted by Crippen LogP contribution is 2.45. The molecule has 4 heteroatoms. The first kappa shape index (κ1) is 21.0. The van der Waals surface area contributed by atoms with Crippen LogP contribution in [0.3, 0.4) is 0 Å². The quantitative estimate of drug-likeness (QED) is 0.504. The fraction of sp³-hybridized carbons (Fsp3) is 0.727. The van der Waals surface area contributed by atoms with Crippen molar-refractivity contribution in [1.29, 1.82) is 5.26 Å². The second-order valence-corrected chi connectivity index (χ2v) is 9.42. The number of carbonyl (C=O) groups is 1. The Balaban J connectivity index is 2.01. The summed E-state index contributed by atoms with van der Waals surface area (Å²) in [4.78, 5) is 13.6. The highest BCUT2D eigenvalue weighted by molar-refractivity contribution is 7.16. The largest absolute Gasteiger partial charge is 0.317 e. The molecule has 1 aromatic rings. The summed E-state index contributed by atoms with van der Waals surface area (Å²) < 4.78 is 0. The van der Waals surface area contributed by atoms with E-state index >= 15 is 0 Å². The molecule has 3 nitrogen and oxygen atoms in total. The molecule has 0 aromatic carbocycles. The second-order valence-electron chi connectivity index (χ2n) is 8.31. The van der Waals surface area contributed by atoms with Crippen molar-refractivity contribution < 1.29 is 4.79 Å². The minimum Gasteiger partial charge on any atom is -0.317 e. The van der Waals surface area contributed by atoms with Crippen LogP contribution < -0.4 is 5.32 Å². The number of anilines is 1. The molecular weight excluding hydrogens is 340 g/mol. The van der Waals surface area contributed by atoms with E-state index in [0.29, 0.717) is 17.8 Å². The van der Waals surface area contributed by atoms with Crippen molar-refractivity contribution >= 4 is 22.2 Å². The second kappa shape index (κ2) is 9.55. The summed E-state index contributed by atoms with van der Waals surface area (Å²) in [5.74, 6) is 0.717. The van der Waals surface area contributed by atoms with Gasteiger partial charge in [0, 0.05) is 11.3 Å². The number of fused-ring (bicyclic) bond motifs is 1. The molecule has 2 rings (SSSR count). The van der Waals surface area contributed by atoms with E-state index in [9.17, 15) is 10.1 Å². The number of unbranched alkanes of at least 4 members (excludes halogenated alkanes) is 4. The van der Waals surface area contributed by atoms with E-state index < -0.39 is 0 Å². The summed E-state index contributed by atoms with van der Waals surface area (Å²) in [6, 6.07) is 2.36. The molecule has 1 unspecified atom stereocenters. The topological polar surface area (TPSA) is 52.9 Å². The van der Waals surface area contributed by atoms with Gasteiger partial charge in [-0.3, -0.25) is 4.79 Å². The van der Waals surface area contributed by atoms with Crippen LogP contribution >= 0.6 is 11.3 Å². The lowest BCUT2D eigenvalue weighted by molar-refractivity contribution is -0.116. The van der Waals surface area contributed by atoms with Crippen LogP contribution in [-0.4, -0.2) is 5.91 Å². The van der Waals surface area contributed by atoms with Gasteiger partial charge in [-0.2, -0.15) is 5.26 Å². The van der Waals surface area contributed by atoms with Gasteiger partial charge in [0.2, 0.25) is 5.91 Å². The lowest BCUT2D eigenvalue weighted by Gasteiger charge is -2.36. The molecule has 1 amide bonds. The van der Waals surface area contributed by atoms with Crippen LogP contribution in [0.1, 0.15) is 95.1 Å². The van der Waals surface area contributed by atoms with Crippen LogP contribution in [-0.2, 0) is 17.6 Å². The van der Waals surface area contributed by atoms with Gasteiger partial charge in [0.05, 0.1) is 5.56 Å². The van der Waals surface area contributed by atoms with E-state index in [-0.39, 0.29) is 5.91 Å². The normalized spacial score (nSPS) is 16.8. The Labute approximate surface area is 163 Å². The maximum Gasteiger partial charge on any atom is 0.225 e. The number of hydrogen-bond donors (Lipinski definition) is 1. The van der Waals surface area contributed by atoms with Crippen molar-refractivity contribution in [2.45, 2.75) is 91.9 Å². The van der Waals surface area contributed by atoms with Gasteiger partial charge in [-0.1, -0.05) is 59.8 Å². The third-order valence-electron chi connectivity index (χ3n) is 6.15. The minimum atomic E-state index is 0.0574. The van der Waals surface area contributed by atoms with E-state index in [4.69, 9.17) is 0 Å². The fourth-order valence-corrected chi connectivity index (χ4v) is 5.12. The average molecular weight is 375 g/mol. The van der Waals surface area contributed by atoms with E-state index in [1.807, 2.05) is 0 Å². The first-order chi connectivity index (χ1) is 12.4. The lowest BCUT2D eigenvalue weighted by Crippen LogP contribution is -2.28. The monoisotopic (exact) mass is 374 g/mol. The van der Waals surface area contributed by atoms with Crippen LogP contribution in [0.2, 0.25) is 0 Å². The number of nitrogens with one attached hydrogen (secondary N) is 1. The molecule has 0 saturated heterocycles. The Morgan fingerprint density at radius 1 is 1.27 bits per heavy atom. The number of carbonyl (C=O) groups excluding carboxylic acids is 1. The molecule has 1 heterocycles. The highest BCUT2D eigenvalue weighted by Gasteiger charge is 2.34. The van der Waals surface area contributed by atoms with Crippen molar-refractivity contribution in [1.82, 2.24) is 0 Å². The van der Waals surface area contributed by atoms with Gasteiger partial charge in [0.25, 0.3) is 0 Å². The number of amides is 1. The fourth-order valence-electron chi connectivity index (χ4n) is 3.83. The average Bonchev–Trinajstić information content (AvgIpc) is 2.97. The Hall–Kier alpha value is -1.34. The third-order valence-corrected chi connectivity index (χ3v) is 7.32. The van der Waals surface area contributed by atoms with Gasteiger partial charge in [-0.05, 0) is 42.6 Å². The molecule has 1 aliphatic rings. The molecular formula is C22H34N2OS. The van der Waals surface area contributed by atoms with Gasteiger partial charge in [-0.25, -0.2) is 0 Å². The minimum absolute atomic E-state index is 0.0574. The summed E-state index contributed by atoms with van der Waals surface area (Å²) in [6.45, 7) is 9.16. The van der Waals surface area contributed by atoms with Crippen molar-refractivity contribution in [3.8, 4) is 6.07 Å². The Kier molecular flexibility index (Phi) is 7.70. The number of nitrogens with zero attached hydrogens (tertiary/aromatic N) is 1. The zero-order chi connectivity index (χ0) is 19.2. The molecule has 0 radical (unpaired) electrons. The zero-order valence-electron chi connectivity index (χ0n) is 16.9. The van der Waals surface area contributed by atoms with Gasteiger partial charge in [0.1, 0.15) is 11.1 Å². The van der Waals surface area contributed by atoms with E-state index in [0.717, 1.165) is 42.7 Å². The summed E-state index contributed by atoms with van der Waals surface area (Å²) in [5, 5.41) is 13.4. The van der Waals surface area contributed by atoms with Crippen molar-refractivity contribution in [3.05, 3.63) is 16.0 Å². The first-order valence-corrected chi connectivity index (χ1v) is 11.1. The maximum absolute atomic E-state index is 12.3. The zero-order valence-corrected chi connectivity index (χ0v) is 17.7. The van der Waals surface area contributed by atoms with Gasteiger partial charge < -0.3 is 5.32 Å². The SMILES string of the molecule is CCCCCCCC(=O)Nc1sc2c(c1C#N)CCC(C(C)(C)CC)C2. The smallest absolute Gasteiger partial charge is 0.225 e. The highest BCUT2D eigenvalue weighted by atomic mass is 32.1. The van der Waals surface area contributed by atoms with E-state index in [1.165, 1.54) is 36.1 Å². The molecule has 0 saturated carbocycles. The number of thiophene rings is 1. The summed E-state index contributed by atoms with van der Waals surface area (Å²) in [5.41, 5.74) is 2.24. The van der Waals surface area contributed by atoms with Gasteiger partial charge >= 0.3 is 0 Å². The summed E-state index contributed by atoms with van der Waals surface area (Å²) in [6.07, 6.45) is 10.6. The Bertz CT molecular complexity index is 654. The van der Waals surface area contributed by atoms with Gasteiger partial charge in [-0.15, -0.1) is 11.3 Å². The van der Waals surface area contributed by atoms with Crippen molar-refractivity contribution in [3.63, 3.8) is 0 Å². The van der Waals surface area contributed by atoms with E-state index in [1.54, 1.807) is 11.3 Å². The predicted molar refractivity (Wildman–Crippen MR) is 111 cm³/mol. The molecule has 0 bridgehead atoms. The third kappa shape index (κ3) is 5.10. The predicted octanol–water partition coefficient (Wildman–Crippen LogP) is 6.46. The van der Waals surface area contributed by atoms with E-state index in [2.05, 4.69) is 39.1 Å². The molecule has 26 heavy (non-hydrogen) atoms. The van der Waals surface area contributed by atoms with Crippen LogP contribution in [0.4, 0.5) is 5.00 Å². The molecule has 0 aliphatic heterocycles. The van der Waals surface area contributed by atoms with Crippen molar-refractivity contribution in [2.24, 2.45) is 11.3 Å². The molecule has 1 N–H and O–H groups in total. The number of nitriles is 1. The molecule has 1 aromatic heterocycles. The number of hydrogen-bond acceptors (Lipinski definition) is 3.